The maximum Gasteiger partial charge on any atom is 0.326 e. The van der Waals surface area contributed by atoms with Crippen molar-refractivity contribution in [1.29, 1.82) is 0 Å². The molecule has 25 heavy (non-hydrogen) atoms. The molecule has 0 saturated heterocycles. The number of pyridine rings is 1. The van der Waals surface area contributed by atoms with Crippen molar-refractivity contribution in [2.24, 2.45) is 0 Å². The Hall–Kier alpha value is -3.29. The van der Waals surface area contributed by atoms with Gasteiger partial charge in [-0.2, -0.15) is 4.68 Å². The Labute approximate surface area is 142 Å². The van der Waals surface area contributed by atoms with Crippen molar-refractivity contribution in [3.05, 3.63) is 58.3 Å². The number of rotatable bonds is 3. The molecule has 126 valence electrons. The molecular weight excluding hydrogens is 322 g/mol. The number of aromatic nitrogens is 5. The van der Waals surface area contributed by atoms with Gasteiger partial charge in [-0.3, -0.25) is 9.36 Å². The zero-order chi connectivity index (χ0) is 17.6. The molecule has 0 bridgehead atoms. The van der Waals surface area contributed by atoms with E-state index in [9.17, 15) is 14.7 Å². The molecule has 0 aliphatic carbocycles. The standard InChI is InChI=1S/C17H15N5O3/c1-10-2-4-14(21-9-18-19-20-21)13(6-10)11-7-12-3-5-15(17(24)25)22(12)16(23)8-11/h2,4,6-9,15H,3,5H2,1H3,(H,24,25). The van der Waals surface area contributed by atoms with Crippen LogP contribution in [0.2, 0.25) is 0 Å². The van der Waals surface area contributed by atoms with Gasteiger partial charge >= 0.3 is 5.97 Å². The molecule has 8 nitrogen and oxygen atoms in total. The number of benzene rings is 1. The first-order chi connectivity index (χ1) is 12.0. The lowest BCUT2D eigenvalue weighted by molar-refractivity contribution is -0.140. The number of aryl methyl sites for hydroxylation is 2. The highest BCUT2D eigenvalue weighted by molar-refractivity contribution is 5.75. The molecule has 1 aliphatic rings. The SMILES string of the molecule is Cc1ccc(-n2cnnn2)c(-c2cc3n(c(=O)c2)C(C(=O)O)CC3)c1. The summed E-state index contributed by atoms with van der Waals surface area (Å²) in [7, 11) is 0. The van der Waals surface area contributed by atoms with Gasteiger partial charge in [0.25, 0.3) is 5.56 Å². The first kappa shape index (κ1) is 15.3. The Bertz CT molecular complexity index is 1020. The lowest BCUT2D eigenvalue weighted by Gasteiger charge is -2.13. The zero-order valence-electron chi connectivity index (χ0n) is 13.5. The van der Waals surface area contributed by atoms with Crippen LogP contribution in [0, 0.1) is 6.92 Å². The highest BCUT2D eigenvalue weighted by atomic mass is 16.4. The van der Waals surface area contributed by atoms with E-state index in [0.29, 0.717) is 12.8 Å². The molecule has 2 aromatic heterocycles. The first-order valence-corrected chi connectivity index (χ1v) is 7.87. The second-order valence-corrected chi connectivity index (χ2v) is 6.11. The lowest BCUT2D eigenvalue weighted by atomic mass is 10.0. The molecule has 3 aromatic rings. The Morgan fingerprint density at radius 3 is 2.84 bits per heavy atom. The molecule has 1 aliphatic heterocycles. The van der Waals surface area contributed by atoms with Gasteiger partial charge in [0.15, 0.2) is 0 Å². The number of aliphatic carboxylic acids is 1. The number of carboxylic acid groups (broad SMARTS) is 1. The highest BCUT2D eigenvalue weighted by Crippen LogP contribution is 2.31. The maximum absolute atomic E-state index is 12.6. The number of hydrogen-bond donors (Lipinski definition) is 1. The second kappa shape index (κ2) is 5.66. The van der Waals surface area contributed by atoms with E-state index in [-0.39, 0.29) is 5.56 Å². The molecule has 0 amide bonds. The smallest absolute Gasteiger partial charge is 0.326 e. The van der Waals surface area contributed by atoms with Gasteiger partial charge in [0, 0.05) is 17.3 Å². The van der Waals surface area contributed by atoms with E-state index in [1.54, 1.807) is 4.68 Å². The van der Waals surface area contributed by atoms with E-state index in [4.69, 9.17) is 0 Å². The van der Waals surface area contributed by atoms with Crippen molar-refractivity contribution in [1.82, 2.24) is 24.8 Å². The Morgan fingerprint density at radius 1 is 1.28 bits per heavy atom. The van der Waals surface area contributed by atoms with Crippen molar-refractivity contribution in [3.63, 3.8) is 0 Å². The monoisotopic (exact) mass is 337 g/mol. The van der Waals surface area contributed by atoms with Crippen molar-refractivity contribution in [3.8, 4) is 16.8 Å². The molecule has 3 heterocycles. The molecule has 1 aromatic carbocycles. The summed E-state index contributed by atoms with van der Waals surface area (Å²) in [5.41, 5.74) is 3.78. The van der Waals surface area contributed by atoms with E-state index in [0.717, 1.165) is 28.1 Å². The fourth-order valence-electron chi connectivity index (χ4n) is 3.34. The van der Waals surface area contributed by atoms with Crippen molar-refractivity contribution < 1.29 is 9.90 Å². The van der Waals surface area contributed by atoms with Crippen LogP contribution in [-0.4, -0.2) is 35.9 Å². The molecule has 0 fully saturated rings. The van der Waals surface area contributed by atoms with Crippen LogP contribution in [0.25, 0.3) is 16.8 Å². The highest BCUT2D eigenvalue weighted by Gasteiger charge is 2.29. The summed E-state index contributed by atoms with van der Waals surface area (Å²) >= 11 is 0. The summed E-state index contributed by atoms with van der Waals surface area (Å²) in [5, 5.41) is 20.5. The van der Waals surface area contributed by atoms with Crippen LogP contribution in [-0.2, 0) is 11.2 Å². The third-order valence-electron chi connectivity index (χ3n) is 4.48. The predicted molar refractivity (Wildman–Crippen MR) is 88.6 cm³/mol. The van der Waals surface area contributed by atoms with Crippen LogP contribution >= 0.6 is 0 Å². The molecule has 4 rings (SSSR count). The second-order valence-electron chi connectivity index (χ2n) is 6.11. The fraction of sp³-hybridized carbons (Fsp3) is 0.235. The number of nitrogens with zero attached hydrogens (tertiary/aromatic N) is 5. The average molecular weight is 337 g/mol. The van der Waals surface area contributed by atoms with Crippen LogP contribution < -0.4 is 5.56 Å². The lowest BCUT2D eigenvalue weighted by Crippen LogP contribution is -2.27. The van der Waals surface area contributed by atoms with Crippen molar-refractivity contribution in [2.45, 2.75) is 25.8 Å². The fourth-order valence-corrected chi connectivity index (χ4v) is 3.34. The van der Waals surface area contributed by atoms with Crippen LogP contribution in [0.15, 0.2) is 41.5 Å². The molecule has 8 heteroatoms. The van der Waals surface area contributed by atoms with Gasteiger partial charge in [0.05, 0.1) is 5.69 Å². The zero-order valence-corrected chi connectivity index (χ0v) is 13.5. The van der Waals surface area contributed by atoms with Crippen LogP contribution in [0.1, 0.15) is 23.7 Å². The Morgan fingerprint density at radius 2 is 2.12 bits per heavy atom. The normalized spacial score (nSPS) is 16.0. The summed E-state index contributed by atoms with van der Waals surface area (Å²) in [5.74, 6) is -0.974. The van der Waals surface area contributed by atoms with Gasteiger partial charge in [-0.15, -0.1) is 5.10 Å². The van der Waals surface area contributed by atoms with E-state index in [2.05, 4.69) is 15.5 Å². The average Bonchev–Trinajstić information content (AvgIpc) is 3.24. The summed E-state index contributed by atoms with van der Waals surface area (Å²) in [6, 6.07) is 8.38. The number of tetrazole rings is 1. The molecule has 0 spiro atoms. The summed E-state index contributed by atoms with van der Waals surface area (Å²) in [6.45, 7) is 1.97. The largest absolute Gasteiger partial charge is 0.480 e. The summed E-state index contributed by atoms with van der Waals surface area (Å²) in [6.07, 6.45) is 2.49. The molecule has 0 radical (unpaired) electrons. The van der Waals surface area contributed by atoms with E-state index < -0.39 is 12.0 Å². The van der Waals surface area contributed by atoms with Crippen LogP contribution in [0.3, 0.4) is 0 Å². The first-order valence-electron chi connectivity index (χ1n) is 7.87. The minimum atomic E-state index is -0.974. The van der Waals surface area contributed by atoms with Crippen molar-refractivity contribution in [2.75, 3.05) is 0 Å². The number of carboxylic acids is 1. The van der Waals surface area contributed by atoms with Gasteiger partial charge in [-0.1, -0.05) is 11.6 Å². The minimum absolute atomic E-state index is 0.304. The van der Waals surface area contributed by atoms with Gasteiger partial charge in [0.2, 0.25) is 0 Å². The maximum atomic E-state index is 12.6. The Kier molecular flexibility index (Phi) is 3.45. The third-order valence-corrected chi connectivity index (χ3v) is 4.48. The summed E-state index contributed by atoms with van der Waals surface area (Å²) < 4.78 is 2.91. The summed E-state index contributed by atoms with van der Waals surface area (Å²) in [4.78, 5) is 23.9. The minimum Gasteiger partial charge on any atom is -0.480 e. The quantitative estimate of drug-likeness (QED) is 0.774. The van der Waals surface area contributed by atoms with E-state index in [1.165, 1.54) is 17.0 Å². The molecular formula is C17H15N5O3. The molecule has 1 N–H and O–H groups in total. The van der Waals surface area contributed by atoms with Gasteiger partial charge < -0.3 is 5.11 Å². The van der Waals surface area contributed by atoms with E-state index >= 15 is 0 Å². The van der Waals surface area contributed by atoms with E-state index in [1.807, 2.05) is 31.2 Å². The van der Waals surface area contributed by atoms with Crippen LogP contribution in [0.4, 0.5) is 0 Å². The number of carbonyl (C=O) groups is 1. The predicted octanol–water partition coefficient (Wildman–Crippen LogP) is 1.37. The third kappa shape index (κ3) is 2.51. The number of hydrogen-bond acceptors (Lipinski definition) is 5. The molecule has 1 unspecified atom stereocenters. The van der Waals surface area contributed by atoms with Gasteiger partial charge in [-0.05, 0) is 54.0 Å². The molecule has 1 atom stereocenters. The Balaban J connectivity index is 1.90. The number of fused-ring (bicyclic) bond motifs is 1. The van der Waals surface area contributed by atoms with Crippen molar-refractivity contribution >= 4 is 5.97 Å². The van der Waals surface area contributed by atoms with Gasteiger partial charge in [0.1, 0.15) is 12.4 Å². The molecule has 0 saturated carbocycles. The van der Waals surface area contributed by atoms with Gasteiger partial charge in [-0.25, -0.2) is 4.79 Å². The topological polar surface area (TPSA) is 103 Å². The van der Waals surface area contributed by atoms with Crippen LogP contribution in [0.5, 0.6) is 0 Å².